The lowest BCUT2D eigenvalue weighted by Crippen LogP contribution is -2.07. The Hall–Kier alpha value is -3.67. The van der Waals surface area contributed by atoms with E-state index in [0.717, 1.165) is 33.3 Å². The lowest BCUT2D eigenvalue weighted by Gasteiger charge is -2.05. The Kier molecular flexibility index (Phi) is 4.24. The highest BCUT2D eigenvalue weighted by molar-refractivity contribution is 6.03. The van der Waals surface area contributed by atoms with Crippen LogP contribution in [-0.4, -0.2) is 25.2 Å². The summed E-state index contributed by atoms with van der Waals surface area (Å²) in [5.41, 5.74) is 4.78. The smallest absolute Gasteiger partial charge is 0.248 e. The maximum atomic E-state index is 12.5. The highest BCUT2D eigenvalue weighted by Gasteiger charge is 2.24. The Morgan fingerprint density at radius 2 is 2.10 bits per heavy atom. The molecule has 1 saturated carbocycles. The normalized spacial score (nSPS) is 14.0. The molecule has 0 aliphatic heterocycles. The fraction of sp³-hybridized carbons (Fsp3) is 0.174. The molecule has 6 nitrogen and oxygen atoms in total. The molecule has 1 fully saturated rings. The zero-order valence-electron chi connectivity index (χ0n) is 16.1. The van der Waals surface area contributed by atoms with Gasteiger partial charge in [-0.25, -0.2) is 0 Å². The number of aryl methyl sites for hydroxylation is 1. The topological polar surface area (TPSA) is 64.7 Å². The van der Waals surface area contributed by atoms with Crippen LogP contribution in [0.3, 0.4) is 0 Å². The van der Waals surface area contributed by atoms with Gasteiger partial charge < -0.3 is 9.88 Å². The molecule has 144 valence electrons. The number of carbonyl (C=O) groups excluding carboxylic acids is 1. The minimum Gasteiger partial charge on any atom is -0.350 e. The molecule has 0 atom stereocenters. The van der Waals surface area contributed by atoms with Crippen molar-refractivity contribution in [3.05, 3.63) is 73.0 Å². The number of hydrogen-bond donors (Lipinski definition) is 1. The number of fused-ring (bicyclic) bond motifs is 1. The van der Waals surface area contributed by atoms with Crippen molar-refractivity contribution in [1.82, 2.24) is 19.3 Å². The third-order valence-electron chi connectivity index (χ3n) is 5.26. The number of anilines is 1. The van der Waals surface area contributed by atoms with Gasteiger partial charge in [-0.2, -0.15) is 5.10 Å². The van der Waals surface area contributed by atoms with Crippen LogP contribution in [-0.2, 0) is 11.8 Å². The van der Waals surface area contributed by atoms with Gasteiger partial charge in [0, 0.05) is 60.2 Å². The summed E-state index contributed by atoms with van der Waals surface area (Å²) < 4.78 is 4.06. The largest absolute Gasteiger partial charge is 0.350 e. The van der Waals surface area contributed by atoms with E-state index in [-0.39, 0.29) is 5.91 Å². The number of nitrogens with one attached hydrogen (secondary N) is 1. The molecule has 6 heteroatoms. The molecule has 29 heavy (non-hydrogen) atoms. The van der Waals surface area contributed by atoms with Crippen LogP contribution in [0.2, 0.25) is 0 Å². The molecule has 1 N–H and O–H groups in total. The lowest BCUT2D eigenvalue weighted by atomic mass is 10.0. The number of rotatable bonds is 5. The van der Waals surface area contributed by atoms with E-state index >= 15 is 0 Å². The molecule has 1 aliphatic carbocycles. The van der Waals surface area contributed by atoms with Crippen LogP contribution in [0, 0.1) is 0 Å². The molecule has 1 aromatic carbocycles. The first-order chi connectivity index (χ1) is 14.2. The number of carbonyl (C=O) groups is 1. The SMILES string of the molecule is Cn1ccc2ccc(NC(=O)C=Cc3cnccc3-c3cnn(C4CC4)c3)cc21. The Morgan fingerprint density at radius 3 is 2.97 bits per heavy atom. The van der Waals surface area contributed by atoms with E-state index in [4.69, 9.17) is 0 Å². The highest BCUT2D eigenvalue weighted by Crippen LogP contribution is 2.35. The Morgan fingerprint density at radius 1 is 1.21 bits per heavy atom. The summed E-state index contributed by atoms with van der Waals surface area (Å²) in [5, 5.41) is 8.54. The summed E-state index contributed by atoms with van der Waals surface area (Å²) in [7, 11) is 1.99. The maximum Gasteiger partial charge on any atom is 0.248 e. The van der Waals surface area contributed by atoms with E-state index in [1.165, 1.54) is 12.8 Å². The van der Waals surface area contributed by atoms with Crippen molar-refractivity contribution in [2.24, 2.45) is 7.05 Å². The number of amides is 1. The number of aromatic nitrogens is 4. The van der Waals surface area contributed by atoms with Gasteiger partial charge >= 0.3 is 0 Å². The fourth-order valence-corrected chi connectivity index (χ4v) is 3.51. The monoisotopic (exact) mass is 383 g/mol. The minimum atomic E-state index is -0.179. The van der Waals surface area contributed by atoms with Crippen LogP contribution in [0.15, 0.2) is 67.4 Å². The second kappa shape index (κ2) is 7.05. The quantitative estimate of drug-likeness (QED) is 0.519. The molecule has 5 rings (SSSR count). The zero-order valence-corrected chi connectivity index (χ0v) is 16.1. The third-order valence-corrected chi connectivity index (χ3v) is 5.26. The van der Waals surface area contributed by atoms with Gasteiger partial charge in [0.15, 0.2) is 0 Å². The van der Waals surface area contributed by atoms with Gasteiger partial charge in [0.2, 0.25) is 5.91 Å². The summed E-state index contributed by atoms with van der Waals surface area (Å²) in [5.74, 6) is -0.179. The average Bonchev–Trinajstić information content (AvgIpc) is 3.36. The Bertz CT molecular complexity index is 1230. The van der Waals surface area contributed by atoms with Gasteiger partial charge in [0.1, 0.15) is 0 Å². The van der Waals surface area contributed by atoms with E-state index in [9.17, 15) is 4.79 Å². The van der Waals surface area contributed by atoms with Gasteiger partial charge in [-0.1, -0.05) is 6.07 Å². The molecule has 3 aromatic heterocycles. The van der Waals surface area contributed by atoms with Crippen molar-refractivity contribution >= 4 is 28.6 Å². The van der Waals surface area contributed by atoms with E-state index in [1.807, 2.05) is 53.0 Å². The molecule has 1 amide bonds. The average molecular weight is 383 g/mol. The van der Waals surface area contributed by atoms with Crippen molar-refractivity contribution in [2.75, 3.05) is 5.32 Å². The van der Waals surface area contributed by atoms with Gasteiger partial charge in [0.25, 0.3) is 0 Å². The van der Waals surface area contributed by atoms with Crippen LogP contribution in [0.4, 0.5) is 5.69 Å². The first-order valence-corrected chi connectivity index (χ1v) is 9.70. The van der Waals surface area contributed by atoms with Crippen molar-refractivity contribution < 1.29 is 4.79 Å². The number of hydrogen-bond acceptors (Lipinski definition) is 3. The molecule has 0 bridgehead atoms. The van der Waals surface area contributed by atoms with Crippen molar-refractivity contribution in [3.63, 3.8) is 0 Å². The number of benzene rings is 1. The lowest BCUT2D eigenvalue weighted by molar-refractivity contribution is -0.111. The summed E-state index contributed by atoms with van der Waals surface area (Å²) in [4.78, 5) is 16.7. The number of pyridine rings is 1. The molecular weight excluding hydrogens is 362 g/mol. The van der Waals surface area contributed by atoms with Crippen LogP contribution in [0.5, 0.6) is 0 Å². The van der Waals surface area contributed by atoms with Crippen molar-refractivity contribution in [2.45, 2.75) is 18.9 Å². The summed E-state index contributed by atoms with van der Waals surface area (Å²) in [6, 6.07) is 10.4. The fourth-order valence-electron chi connectivity index (χ4n) is 3.51. The third kappa shape index (κ3) is 3.57. The second-order valence-electron chi connectivity index (χ2n) is 7.43. The van der Waals surface area contributed by atoms with Crippen molar-refractivity contribution in [1.29, 1.82) is 0 Å². The predicted octanol–water partition coefficient (Wildman–Crippen LogP) is 4.42. The van der Waals surface area contributed by atoms with Crippen LogP contribution in [0.25, 0.3) is 28.1 Å². The van der Waals surface area contributed by atoms with E-state index in [1.54, 1.807) is 24.5 Å². The summed E-state index contributed by atoms with van der Waals surface area (Å²) >= 11 is 0. The molecule has 0 saturated heterocycles. The maximum absolute atomic E-state index is 12.5. The molecule has 1 aliphatic rings. The van der Waals surface area contributed by atoms with E-state index in [0.29, 0.717) is 6.04 Å². The van der Waals surface area contributed by atoms with Crippen LogP contribution in [0.1, 0.15) is 24.4 Å². The van der Waals surface area contributed by atoms with E-state index in [2.05, 4.69) is 27.7 Å². The van der Waals surface area contributed by atoms with E-state index < -0.39 is 0 Å². The second-order valence-corrected chi connectivity index (χ2v) is 7.43. The van der Waals surface area contributed by atoms with Crippen molar-refractivity contribution in [3.8, 4) is 11.1 Å². The Balaban J connectivity index is 1.35. The molecule has 0 spiro atoms. The first kappa shape index (κ1) is 17.4. The Labute approximate surface area is 168 Å². The zero-order chi connectivity index (χ0) is 19.8. The van der Waals surface area contributed by atoms with Gasteiger partial charge in [-0.3, -0.25) is 14.5 Å². The summed E-state index contributed by atoms with van der Waals surface area (Å²) in [6.07, 6.45) is 15.2. The number of nitrogens with zero attached hydrogens (tertiary/aromatic N) is 4. The molecule has 0 radical (unpaired) electrons. The first-order valence-electron chi connectivity index (χ1n) is 9.70. The molecule has 4 aromatic rings. The van der Waals surface area contributed by atoms with Crippen LogP contribution < -0.4 is 5.32 Å². The van der Waals surface area contributed by atoms with Gasteiger partial charge in [-0.05, 0) is 54.1 Å². The molecule has 3 heterocycles. The van der Waals surface area contributed by atoms with Crippen LogP contribution >= 0.6 is 0 Å². The van der Waals surface area contributed by atoms with Gasteiger partial charge in [0.05, 0.1) is 12.2 Å². The molecular formula is C23H21N5O. The van der Waals surface area contributed by atoms with Gasteiger partial charge in [-0.15, -0.1) is 0 Å². The standard InChI is InChI=1S/C23H21N5O/c1-27-11-9-16-2-4-19(12-22(16)27)26-23(29)7-3-17-13-24-10-8-21(17)18-14-25-28(15-18)20-5-6-20/h2-4,7-15,20H,5-6H2,1H3,(H,26,29). The minimum absolute atomic E-state index is 0.179. The predicted molar refractivity (Wildman–Crippen MR) is 114 cm³/mol. The molecule has 0 unspecified atom stereocenters. The summed E-state index contributed by atoms with van der Waals surface area (Å²) in [6.45, 7) is 0. The highest BCUT2D eigenvalue weighted by atomic mass is 16.1.